The Balaban J connectivity index is 1.16. The molecular weight excluding hydrogens is 684 g/mol. The Morgan fingerprint density at radius 2 is 1.12 bits per heavy atom. The predicted molar refractivity (Wildman–Crippen MR) is 176 cm³/mol. The van der Waals surface area contributed by atoms with Crippen LogP contribution in [0.2, 0.25) is 0 Å². The van der Waals surface area contributed by atoms with Crippen molar-refractivity contribution in [1.29, 1.82) is 0 Å². The summed E-state index contributed by atoms with van der Waals surface area (Å²) in [4.78, 5) is 29.8. The molecule has 0 spiro atoms. The molecule has 18 heteroatoms. The summed E-state index contributed by atoms with van der Waals surface area (Å²) in [6.45, 7) is 7.92. The maximum absolute atomic E-state index is 13.6. The van der Waals surface area contributed by atoms with Gasteiger partial charge in [0.25, 0.3) is 32.1 Å². The number of benzene rings is 2. The minimum atomic E-state index is -4.76. The summed E-state index contributed by atoms with van der Waals surface area (Å²) >= 11 is 0. The molecule has 6 rings (SSSR count). The van der Waals surface area contributed by atoms with E-state index < -0.39 is 67.1 Å². The zero-order valence-electron chi connectivity index (χ0n) is 26.6. The second-order valence-electron chi connectivity index (χ2n) is 12.1. The van der Waals surface area contributed by atoms with Crippen LogP contribution < -0.4 is 20.1 Å². The van der Waals surface area contributed by atoms with Crippen molar-refractivity contribution in [2.45, 2.75) is 41.5 Å². The SMILES string of the molecule is C=C1CN2C(=O)c3cc(OC)ccc3NC(S(=O)(=O)O)C2C1OCCCOC1C(=C)CN2C(=O)c3cc(OC)ccc3NC(S(=O)(=O)O)[C@H]12. The topological polar surface area (TPSA) is 210 Å². The Morgan fingerprint density at radius 1 is 0.735 bits per heavy atom. The van der Waals surface area contributed by atoms with Crippen LogP contribution in [0, 0.1) is 0 Å². The molecule has 0 bridgehead atoms. The first-order valence-electron chi connectivity index (χ1n) is 15.2. The van der Waals surface area contributed by atoms with E-state index in [2.05, 4.69) is 23.8 Å². The van der Waals surface area contributed by atoms with Gasteiger partial charge < -0.3 is 39.4 Å². The third-order valence-corrected chi connectivity index (χ3v) is 11.1. The summed E-state index contributed by atoms with van der Waals surface area (Å²) in [7, 11) is -6.66. The molecule has 4 N–H and O–H groups in total. The minimum Gasteiger partial charge on any atom is -0.497 e. The standard InChI is InChI=1S/C31H36N4O12S2/c1-16-14-34-24(28(48(38,39)40)32-22-8-6-18(44-3)12-20(22)30(34)36)26(16)46-10-5-11-47-27-17(2)15-35-25(27)29(49(41,42)43)33-23-9-7-19(45-4)13-21(23)31(35)37/h6-9,12-13,24-29,32-33H,1-2,5,10-11,14-15H2,3-4H3,(H,38,39,40)(H,41,42,43)/t24-,25?,26?,27?,28?,29?/m0/s1. The molecule has 2 amide bonds. The van der Waals surface area contributed by atoms with Gasteiger partial charge in [-0.2, -0.15) is 16.8 Å². The van der Waals surface area contributed by atoms with Crippen molar-refractivity contribution in [2.75, 3.05) is 51.2 Å². The average Bonchev–Trinajstić information content (AvgIpc) is 3.46. The average molecular weight is 721 g/mol. The van der Waals surface area contributed by atoms with Gasteiger partial charge in [0.1, 0.15) is 23.7 Å². The second kappa shape index (κ2) is 12.9. The first-order chi connectivity index (χ1) is 23.1. The van der Waals surface area contributed by atoms with E-state index in [1.807, 2.05) is 0 Å². The van der Waals surface area contributed by atoms with Crippen molar-refractivity contribution in [3.63, 3.8) is 0 Å². The molecule has 2 fully saturated rings. The number of hydrogen-bond donors (Lipinski definition) is 4. The number of rotatable bonds is 10. The fourth-order valence-corrected chi connectivity index (χ4v) is 8.64. The molecule has 2 aromatic rings. The van der Waals surface area contributed by atoms with Crippen molar-refractivity contribution in [1.82, 2.24) is 9.80 Å². The number of nitrogens with one attached hydrogen (secondary N) is 2. The molecule has 5 unspecified atom stereocenters. The Kier molecular flexibility index (Phi) is 9.14. The molecular formula is C31H36N4O12S2. The molecule has 4 aliphatic heterocycles. The molecule has 49 heavy (non-hydrogen) atoms. The number of nitrogens with zero attached hydrogens (tertiary/aromatic N) is 2. The van der Waals surface area contributed by atoms with Crippen molar-refractivity contribution in [3.05, 3.63) is 71.8 Å². The summed E-state index contributed by atoms with van der Waals surface area (Å²) in [6, 6.07) is 6.69. The van der Waals surface area contributed by atoms with Gasteiger partial charge in [-0.05, 0) is 54.0 Å². The molecule has 0 aliphatic carbocycles. The van der Waals surface area contributed by atoms with E-state index in [0.717, 1.165) is 0 Å². The fraction of sp³-hybridized carbons (Fsp3) is 0.419. The monoisotopic (exact) mass is 720 g/mol. The smallest absolute Gasteiger partial charge is 0.288 e. The van der Waals surface area contributed by atoms with Gasteiger partial charge in [0.05, 0.1) is 37.4 Å². The Morgan fingerprint density at radius 3 is 1.47 bits per heavy atom. The highest BCUT2D eigenvalue weighted by Crippen LogP contribution is 2.39. The van der Waals surface area contributed by atoms with E-state index in [1.165, 1.54) is 48.3 Å². The molecule has 4 aliphatic rings. The van der Waals surface area contributed by atoms with E-state index >= 15 is 0 Å². The van der Waals surface area contributed by atoms with Crippen LogP contribution >= 0.6 is 0 Å². The predicted octanol–water partition coefficient (Wildman–Crippen LogP) is 1.60. The third-order valence-electron chi connectivity index (χ3n) is 9.07. The molecule has 2 saturated heterocycles. The minimum absolute atomic E-state index is 0.0150. The van der Waals surface area contributed by atoms with E-state index in [4.69, 9.17) is 18.9 Å². The molecule has 16 nitrogen and oxygen atoms in total. The van der Waals surface area contributed by atoms with Crippen LogP contribution in [0.1, 0.15) is 27.1 Å². The molecule has 264 valence electrons. The van der Waals surface area contributed by atoms with E-state index in [-0.39, 0.29) is 55.2 Å². The molecule has 0 saturated carbocycles. The van der Waals surface area contributed by atoms with Crippen LogP contribution in [0.15, 0.2) is 60.7 Å². The lowest BCUT2D eigenvalue weighted by atomic mass is 10.1. The van der Waals surface area contributed by atoms with Crippen molar-refractivity contribution >= 4 is 43.4 Å². The maximum atomic E-state index is 13.6. The van der Waals surface area contributed by atoms with E-state index in [1.54, 1.807) is 12.1 Å². The van der Waals surface area contributed by atoms with Gasteiger partial charge in [-0.1, -0.05) is 13.2 Å². The quantitative estimate of drug-likeness (QED) is 0.156. The summed E-state index contributed by atoms with van der Waals surface area (Å²) < 4.78 is 93.5. The van der Waals surface area contributed by atoms with Gasteiger partial charge in [-0.3, -0.25) is 18.7 Å². The van der Waals surface area contributed by atoms with Crippen LogP contribution in [0.4, 0.5) is 11.4 Å². The number of fused-ring (bicyclic) bond motifs is 4. The Hall–Kier alpha value is -4.20. The lowest BCUT2D eigenvalue weighted by Crippen LogP contribution is -2.52. The second-order valence-corrected chi connectivity index (χ2v) is 15.2. The normalized spacial score (nSPS) is 26.5. The van der Waals surface area contributed by atoms with E-state index in [9.17, 15) is 35.5 Å². The van der Waals surface area contributed by atoms with Crippen LogP contribution in [-0.4, -0.2) is 123 Å². The van der Waals surface area contributed by atoms with Gasteiger partial charge in [-0.15, -0.1) is 0 Å². The Bertz CT molecular complexity index is 1800. The van der Waals surface area contributed by atoms with Crippen LogP contribution in [0.25, 0.3) is 0 Å². The molecule has 4 heterocycles. The van der Waals surface area contributed by atoms with Crippen LogP contribution in [0.5, 0.6) is 11.5 Å². The molecule has 6 atom stereocenters. The highest BCUT2D eigenvalue weighted by Gasteiger charge is 2.53. The zero-order chi connectivity index (χ0) is 35.4. The number of amides is 2. The number of carbonyl (C=O) groups excluding carboxylic acids is 2. The first-order valence-corrected chi connectivity index (χ1v) is 18.2. The number of carbonyl (C=O) groups is 2. The number of anilines is 2. The van der Waals surface area contributed by atoms with Gasteiger partial charge >= 0.3 is 0 Å². The summed E-state index contributed by atoms with van der Waals surface area (Å²) in [5.41, 5.74) is 1.53. The van der Waals surface area contributed by atoms with Crippen molar-refractivity contribution in [2.24, 2.45) is 0 Å². The van der Waals surface area contributed by atoms with Crippen LogP contribution in [-0.2, 0) is 29.7 Å². The largest absolute Gasteiger partial charge is 0.497 e. The molecule has 2 aromatic carbocycles. The fourth-order valence-electron chi connectivity index (χ4n) is 6.80. The lowest BCUT2D eigenvalue weighted by molar-refractivity contribution is 0.00662. The van der Waals surface area contributed by atoms with Gasteiger partial charge in [0, 0.05) is 37.7 Å². The third kappa shape index (κ3) is 6.35. The summed E-state index contributed by atoms with van der Waals surface area (Å²) in [5.74, 6) is -0.242. The zero-order valence-corrected chi connectivity index (χ0v) is 28.2. The number of ether oxygens (including phenoxy) is 4. The molecule has 0 radical (unpaired) electrons. The van der Waals surface area contributed by atoms with Gasteiger partial charge in [0.2, 0.25) is 0 Å². The number of hydrogen-bond acceptors (Lipinski definition) is 12. The number of methoxy groups -OCH3 is 2. The van der Waals surface area contributed by atoms with Gasteiger partial charge in [-0.25, -0.2) is 0 Å². The van der Waals surface area contributed by atoms with Crippen LogP contribution in [0.3, 0.4) is 0 Å². The Labute approximate surface area is 283 Å². The van der Waals surface area contributed by atoms with Crippen molar-refractivity contribution < 1.29 is 54.5 Å². The first kappa shape index (κ1) is 34.7. The highest BCUT2D eigenvalue weighted by atomic mass is 32.2. The maximum Gasteiger partial charge on any atom is 0.288 e. The van der Waals surface area contributed by atoms with E-state index in [0.29, 0.717) is 22.6 Å². The summed E-state index contributed by atoms with van der Waals surface area (Å²) in [6.07, 6.45) is -1.77. The molecule has 0 aromatic heterocycles. The highest BCUT2D eigenvalue weighted by molar-refractivity contribution is 7.86. The summed E-state index contributed by atoms with van der Waals surface area (Å²) in [5, 5.41) is 2.29. The van der Waals surface area contributed by atoms with Gasteiger partial charge in [0.15, 0.2) is 10.7 Å². The lowest BCUT2D eigenvalue weighted by Gasteiger charge is -2.31. The van der Waals surface area contributed by atoms with Crippen molar-refractivity contribution in [3.8, 4) is 11.5 Å².